The van der Waals surface area contributed by atoms with Gasteiger partial charge in [0.05, 0.1) is 0 Å². The van der Waals surface area contributed by atoms with Crippen molar-refractivity contribution in [1.82, 2.24) is 4.98 Å². The smallest absolute Gasteiger partial charge is 0.0481 e. The minimum Gasteiger partial charge on any atom is -0.260 e. The van der Waals surface area contributed by atoms with Crippen LogP contribution in [0.3, 0.4) is 0 Å². The van der Waals surface area contributed by atoms with Crippen LogP contribution in [0.5, 0.6) is 0 Å². The second kappa shape index (κ2) is 5.62. The van der Waals surface area contributed by atoms with Crippen LogP contribution in [0, 0.1) is 0 Å². The fourth-order valence-electron chi connectivity index (χ4n) is 2.03. The Morgan fingerprint density at radius 2 is 1.82 bits per heavy atom. The van der Waals surface area contributed by atoms with E-state index in [1.165, 1.54) is 22.4 Å². The summed E-state index contributed by atoms with van der Waals surface area (Å²) in [6.45, 7) is 4.37. The standard InChI is InChI=1S/C16H19N/c1-3-8-16-15(11-13(4-2)12-17-16)14-9-6-5-7-10-14/h5-7,9-12H,3-4,8H2,1-2H3. The zero-order chi connectivity index (χ0) is 12.1. The van der Waals surface area contributed by atoms with Gasteiger partial charge in [0.15, 0.2) is 0 Å². The van der Waals surface area contributed by atoms with Crippen molar-refractivity contribution in [2.45, 2.75) is 33.1 Å². The summed E-state index contributed by atoms with van der Waals surface area (Å²) >= 11 is 0. The summed E-state index contributed by atoms with van der Waals surface area (Å²) in [5, 5.41) is 0. The average Bonchev–Trinajstić information content (AvgIpc) is 2.40. The molecule has 0 aliphatic carbocycles. The molecule has 1 nitrogen and oxygen atoms in total. The van der Waals surface area contributed by atoms with Gasteiger partial charge in [-0.2, -0.15) is 0 Å². The summed E-state index contributed by atoms with van der Waals surface area (Å²) in [7, 11) is 0. The largest absolute Gasteiger partial charge is 0.260 e. The van der Waals surface area contributed by atoms with E-state index >= 15 is 0 Å². The highest BCUT2D eigenvalue weighted by atomic mass is 14.7. The van der Waals surface area contributed by atoms with Gasteiger partial charge in [0, 0.05) is 17.5 Å². The number of pyridine rings is 1. The first-order valence-electron chi connectivity index (χ1n) is 6.38. The van der Waals surface area contributed by atoms with Crippen LogP contribution in [-0.2, 0) is 12.8 Å². The number of nitrogens with zero attached hydrogens (tertiary/aromatic N) is 1. The maximum atomic E-state index is 4.62. The molecule has 88 valence electrons. The molecule has 1 aromatic heterocycles. The second-order valence-electron chi connectivity index (χ2n) is 4.31. The van der Waals surface area contributed by atoms with Crippen molar-refractivity contribution < 1.29 is 0 Å². The van der Waals surface area contributed by atoms with Gasteiger partial charge < -0.3 is 0 Å². The SMILES string of the molecule is CCCc1ncc(CC)cc1-c1ccccc1. The average molecular weight is 225 g/mol. The van der Waals surface area contributed by atoms with E-state index in [0.717, 1.165) is 19.3 Å². The second-order valence-corrected chi connectivity index (χ2v) is 4.31. The first-order valence-corrected chi connectivity index (χ1v) is 6.38. The molecule has 0 aliphatic heterocycles. The van der Waals surface area contributed by atoms with Gasteiger partial charge in [0.25, 0.3) is 0 Å². The Morgan fingerprint density at radius 3 is 2.47 bits per heavy atom. The highest BCUT2D eigenvalue weighted by molar-refractivity contribution is 5.66. The van der Waals surface area contributed by atoms with Crippen molar-refractivity contribution in [3.8, 4) is 11.1 Å². The third-order valence-electron chi connectivity index (χ3n) is 3.01. The molecule has 0 unspecified atom stereocenters. The van der Waals surface area contributed by atoms with Gasteiger partial charge in [-0.05, 0) is 30.0 Å². The van der Waals surface area contributed by atoms with E-state index in [-0.39, 0.29) is 0 Å². The van der Waals surface area contributed by atoms with E-state index in [2.05, 4.69) is 55.2 Å². The Morgan fingerprint density at radius 1 is 1.06 bits per heavy atom. The summed E-state index contributed by atoms with van der Waals surface area (Å²) in [5.41, 5.74) is 5.10. The van der Waals surface area contributed by atoms with Crippen molar-refractivity contribution in [2.75, 3.05) is 0 Å². The third-order valence-corrected chi connectivity index (χ3v) is 3.01. The van der Waals surface area contributed by atoms with E-state index in [1.54, 1.807) is 0 Å². The van der Waals surface area contributed by atoms with E-state index in [9.17, 15) is 0 Å². The number of aromatic nitrogens is 1. The quantitative estimate of drug-likeness (QED) is 0.757. The molecule has 0 saturated carbocycles. The molecule has 0 fully saturated rings. The molecule has 0 radical (unpaired) electrons. The molecule has 0 bridgehead atoms. The minimum absolute atomic E-state index is 1.04. The fourth-order valence-corrected chi connectivity index (χ4v) is 2.03. The summed E-state index contributed by atoms with van der Waals surface area (Å²) in [5.74, 6) is 0. The fraction of sp³-hybridized carbons (Fsp3) is 0.312. The molecule has 0 atom stereocenters. The first kappa shape index (κ1) is 11.8. The van der Waals surface area contributed by atoms with Crippen molar-refractivity contribution in [1.29, 1.82) is 0 Å². The molecule has 0 spiro atoms. The van der Waals surface area contributed by atoms with E-state index in [1.807, 2.05) is 6.20 Å². The molecular formula is C16H19N. The van der Waals surface area contributed by atoms with Gasteiger partial charge >= 0.3 is 0 Å². The zero-order valence-corrected chi connectivity index (χ0v) is 10.6. The van der Waals surface area contributed by atoms with Gasteiger partial charge in [0.2, 0.25) is 0 Å². The van der Waals surface area contributed by atoms with Crippen LogP contribution in [0.4, 0.5) is 0 Å². The number of aryl methyl sites for hydroxylation is 2. The molecular weight excluding hydrogens is 206 g/mol. The van der Waals surface area contributed by atoms with Crippen molar-refractivity contribution in [3.05, 3.63) is 53.9 Å². The van der Waals surface area contributed by atoms with Crippen LogP contribution in [0.1, 0.15) is 31.5 Å². The Kier molecular flexibility index (Phi) is 3.92. The summed E-state index contributed by atoms with van der Waals surface area (Å²) in [6.07, 6.45) is 5.24. The molecule has 0 amide bonds. The van der Waals surface area contributed by atoms with Crippen molar-refractivity contribution in [2.24, 2.45) is 0 Å². The van der Waals surface area contributed by atoms with Crippen molar-refractivity contribution in [3.63, 3.8) is 0 Å². The Bertz CT molecular complexity index is 474. The van der Waals surface area contributed by atoms with E-state index < -0.39 is 0 Å². The molecule has 17 heavy (non-hydrogen) atoms. The van der Waals surface area contributed by atoms with E-state index in [0.29, 0.717) is 0 Å². The van der Waals surface area contributed by atoms with Crippen LogP contribution in [0.15, 0.2) is 42.6 Å². The maximum absolute atomic E-state index is 4.62. The maximum Gasteiger partial charge on any atom is 0.0481 e. The topological polar surface area (TPSA) is 12.9 Å². The van der Waals surface area contributed by atoms with Crippen LogP contribution in [-0.4, -0.2) is 4.98 Å². The van der Waals surface area contributed by atoms with Crippen LogP contribution in [0.2, 0.25) is 0 Å². The van der Waals surface area contributed by atoms with Crippen LogP contribution >= 0.6 is 0 Å². The van der Waals surface area contributed by atoms with Gasteiger partial charge in [-0.15, -0.1) is 0 Å². The van der Waals surface area contributed by atoms with Gasteiger partial charge in [-0.1, -0.05) is 50.6 Å². The van der Waals surface area contributed by atoms with Crippen molar-refractivity contribution >= 4 is 0 Å². The third kappa shape index (κ3) is 2.73. The highest BCUT2D eigenvalue weighted by Gasteiger charge is 2.06. The molecule has 2 aromatic rings. The monoisotopic (exact) mass is 225 g/mol. The number of hydrogen-bond donors (Lipinski definition) is 0. The van der Waals surface area contributed by atoms with Gasteiger partial charge in [0.1, 0.15) is 0 Å². The molecule has 1 aromatic carbocycles. The lowest BCUT2D eigenvalue weighted by atomic mass is 9.99. The van der Waals surface area contributed by atoms with Crippen LogP contribution in [0.25, 0.3) is 11.1 Å². The Labute approximate surface area is 104 Å². The number of benzene rings is 1. The normalized spacial score (nSPS) is 10.5. The minimum atomic E-state index is 1.04. The molecule has 0 N–H and O–H groups in total. The lowest BCUT2D eigenvalue weighted by Gasteiger charge is -2.10. The van der Waals surface area contributed by atoms with Gasteiger partial charge in [-0.25, -0.2) is 0 Å². The van der Waals surface area contributed by atoms with Gasteiger partial charge in [-0.3, -0.25) is 4.98 Å². The number of rotatable bonds is 4. The van der Waals surface area contributed by atoms with Crippen LogP contribution < -0.4 is 0 Å². The summed E-state index contributed by atoms with van der Waals surface area (Å²) in [4.78, 5) is 4.62. The highest BCUT2D eigenvalue weighted by Crippen LogP contribution is 2.24. The molecule has 0 aliphatic rings. The molecule has 1 heterocycles. The summed E-state index contributed by atoms with van der Waals surface area (Å²) in [6, 6.07) is 12.8. The lowest BCUT2D eigenvalue weighted by molar-refractivity contribution is 0.880. The van der Waals surface area contributed by atoms with E-state index in [4.69, 9.17) is 0 Å². The zero-order valence-electron chi connectivity index (χ0n) is 10.6. The summed E-state index contributed by atoms with van der Waals surface area (Å²) < 4.78 is 0. The predicted octanol–water partition coefficient (Wildman–Crippen LogP) is 4.26. The predicted molar refractivity (Wildman–Crippen MR) is 73.0 cm³/mol. The molecule has 2 rings (SSSR count). The molecule has 0 saturated heterocycles. The Hall–Kier alpha value is -1.63. The molecule has 1 heteroatoms. The Balaban J connectivity index is 2.48. The number of hydrogen-bond acceptors (Lipinski definition) is 1. The lowest BCUT2D eigenvalue weighted by Crippen LogP contribution is -1.96. The first-order chi connectivity index (χ1) is 8.35.